The van der Waals surface area contributed by atoms with Gasteiger partial charge in [0.05, 0.1) is 6.10 Å². The van der Waals surface area contributed by atoms with Crippen molar-refractivity contribution >= 4 is 15.7 Å². The third kappa shape index (κ3) is 3.02. The van der Waals surface area contributed by atoms with Gasteiger partial charge >= 0.3 is 0 Å². The Morgan fingerprint density at radius 2 is 1.84 bits per heavy atom. The first kappa shape index (κ1) is 14.2. The monoisotopic (exact) mass is 292 g/mol. The van der Waals surface area contributed by atoms with Gasteiger partial charge in [-0.3, -0.25) is 0 Å². The van der Waals surface area contributed by atoms with Crippen molar-refractivity contribution in [2.45, 2.75) is 23.8 Å². The Morgan fingerprint density at radius 1 is 1.32 bits per heavy atom. The highest BCUT2D eigenvalue weighted by molar-refractivity contribution is 7.89. The maximum absolute atomic E-state index is 13.5. The molecule has 0 radical (unpaired) electrons. The Hall–Kier alpha value is -1.25. The van der Waals surface area contributed by atoms with Gasteiger partial charge in [0.1, 0.15) is 11.6 Å². The van der Waals surface area contributed by atoms with E-state index < -0.39 is 32.7 Å². The molecule has 0 bridgehead atoms. The molecule has 19 heavy (non-hydrogen) atoms. The number of nitrogens with one attached hydrogen (secondary N) is 1. The molecule has 0 aliphatic heterocycles. The van der Waals surface area contributed by atoms with Crippen LogP contribution in [0.25, 0.3) is 0 Å². The average molecular weight is 292 g/mol. The SMILES string of the molecule is Nc1cc(F)c(S(=O)(=O)NCC2CC(O)C2)c(F)c1. The highest BCUT2D eigenvalue weighted by atomic mass is 32.2. The molecule has 1 aliphatic rings. The van der Waals surface area contributed by atoms with E-state index in [1.54, 1.807) is 0 Å². The minimum Gasteiger partial charge on any atom is -0.399 e. The van der Waals surface area contributed by atoms with Gasteiger partial charge < -0.3 is 10.8 Å². The second-order valence-corrected chi connectivity index (χ2v) is 6.36. The molecule has 1 aliphatic carbocycles. The fraction of sp³-hybridized carbons (Fsp3) is 0.455. The average Bonchev–Trinajstić information content (AvgIpc) is 2.20. The Kier molecular flexibility index (Phi) is 3.75. The van der Waals surface area contributed by atoms with Gasteiger partial charge in [0, 0.05) is 12.2 Å². The van der Waals surface area contributed by atoms with Crippen molar-refractivity contribution < 1.29 is 22.3 Å². The van der Waals surface area contributed by atoms with Crippen LogP contribution < -0.4 is 10.5 Å². The van der Waals surface area contributed by atoms with E-state index in [0.717, 1.165) is 12.1 Å². The fourth-order valence-electron chi connectivity index (χ4n) is 2.00. The number of anilines is 1. The van der Waals surface area contributed by atoms with E-state index >= 15 is 0 Å². The van der Waals surface area contributed by atoms with E-state index in [4.69, 9.17) is 10.8 Å². The van der Waals surface area contributed by atoms with Crippen LogP contribution in [0.3, 0.4) is 0 Å². The second kappa shape index (κ2) is 5.03. The molecule has 0 atom stereocenters. The highest BCUT2D eigenvalue weighted by Crippen LogP contribution is 2.27. The minimum atomic E-state index is -4.26. The number of sulfonamides is 1. The molecular weight excluding hydrogens is 278 g/mol. The summed E-state index contributed by atoms with van der Waals surface area (Å²) in [5.74, 6) is -2.46. The second-order valence-electron chi connectivity index (χ2n) is 4.66. The quantitative estimate of drug-likeness (QED) is 0.708. The molecule has 0 saturated heterocycles. The summed E-state index contributed by atoms with van der Waals surface area (Å²) in [6, 6.07) is 1.51. The summed E-state index contributed by atoms with van der Waals surface area (Å²) < 4.78 is 52.8. The number of hydrogen-bond donors (Lipinski definition) is 3. The van der Waals surface area contributed by atoms with Gasteiger partial charge in [-0.2, -0.15) is 0 Å². The highest BCUT2D eigenvalue weighted by Gasteiger charge is 2.30. The van der Waals surface area contributed by atoms with Crippen molar-refractivity contribution in [3.05, 3.63) is 23.8 Å². The fourth-order valence-corrected chi connectivity index (χ4v) is 3.23. The predicted molar refractivity (Wildman–Crippen MR) is 64.7 cm³/mol. The molecule has 5 nitrogen and oxygen atoms in total. The summed E-state index contributed by atoms with van der Waals surface area (Å²) in [6.07, 6.45) is 0.546. The lowest BCUT2D eigenvalue weighted by molar-refractivity contribution is 0.0453. The summed E-state index contributed by atoms with van der Waals surface area (Å²) >= 11 is 0. The summed E-state index contributed by atoms with van der Waals surface area (Å²) in [5.41, 5.74) is 5.03. The van der Waals surface area contributed by atoms with Gasteiger partial charge in [0.15, 0.2) is 4.90 Å². The van der Waals surface area contributed by atoms with Crippen LogP contribution >= 0.6 is 0 Å². The third-order valence-corrected chi connectivity index (χ3v) is 4.54. The van der Waals surface area contributed by atoms with Crippen LogP contribution in [0, 0.1) is 17.6 Å². The molecule has 8 heteroatoms. The van der Waals surface area contributed by atoms with E-state index in [1.165, 1.54) is 0 Å². The standard InChI is InChI=1S/C11H14F2N2O3S/c12-9-3-7(14)4-10(13)11(9)19(17,18)15-5-6-1-8(16)2-6/h3-4,6,8,15-16H,1-2,5,14H2. The zero-order chi connectivity index (χ0) is 14.2. The number of aliphatic hydroxyl groups is 1. The van der Waals surface area contributed by atoms with Crippen molar-refractivity contribution in [1.82, 2.24) is 4.72 Å². The maximum atomic E-state index is 13.5. The molecule has 106 valence electrons. The lowest BCUT2D eigenvalue weighted by Gasteiger charge is -2.31. The van der Waals surface area contributed by atoms with Gasteiger partial charge in [-0.25, -0.2) is 21.9 Å². The number of benzene rings is 1. The summed E-state index contributed by atoms with van der Waals surface area (Å²) in [5, 5.41) is 9.07. The molecule has 0 heterocycles. The van der Waals surface area contributed by atoms with Gasteiger partial charge in [-0.15, -0.1) is 0 Å². The molecular formula is C11H14F2N2O3S. The van der Waals surface area contributed by atoms with E-state index in [-0.39, 0.29) is 18.2 Å². The molecule has 2 rings (SSSR count). The first-order valence-electron chi connectivity index (χ1n) is 5.72. The normalized spacial score (nSPS) is 23.1. The van der Waals surface area contributed by atoms with Crippen LogP contribution in [0.1, 0.15) is 12.8 Å². The summed E-state index contributed by atoms with van der Waals surface area (Å²) in [4.78, 5) is -1.03. The van der Waals surface area contributed by atoms with Gasteiger partial charge in [-0.1, -0.05) is 0 Å². The Labute approximate surface area is 109 Å². The molecule has 0 unspecified atom stereocenters. The lowest BCUT2D eigenvalue weighted by Crippen LogP contribution is -2.38. The first-order valence-corrected chi connectivity index (χ1v) is 7.20. The number of aliphatic hydroxyl groups excluding tert-OH is 1. The Bertz CT molecular complexity index is 563. The number of hydrogen-bond acceptors (Lipinski definition) is 4. The van der Waals surface area contributed by atoms with Crippen LogP contribution in [0.2, 0.25) is 0 Å². The number of rotatable bonds is 4. The molecule has 0 spiro atoms. The number of nitrogens with two attached hydrogens (primary N) is 1. The number of halogens is 2. The van der Waals surface area contributed by atoms with Crippen molar-refractivity contribution in [3.63, 3.8) is 0 Å². The Balaban J connectivity index is 2.15. The van der Waals surface area contributed by atoms with Crippen LogP contribution in [0.5, 0.6) is 0 Å². The summed E-state index contributed by atoms with van der Waals surface area (Å²) in [7, 11) is -4.26. The van der Waals surface area contributed by atoms with E-state index in [2.05, 4.69) is 4.72 Å². The van der Waals surface area contributed by atoms with Crippen LogP contribution in [0.15, 0.2) is 17.0 Å². The molecule has 1 aromatic rings. The lowest BCUT2D eigenvalue weighted by atomic mass is 9.83. The van der Waals surface area contributed by atoms with Crippen molar-refractivity contribution in [3.8, 4) is 0 Å². The zero-order valence-electron chi connectivity index (χ0n) is 9.94. The smallest absolute Gasteiger partial charge is 0.246 e. The van der Waals surface area contributed by atoms with E-state index in [9.17, 15) is 17.2 Å². The van der Waals surface area contributed by atoms with Gasteiger partial charge in [0.2, 0.25) is 10.0 Å². The van der Waals surface area contributed by atoms with Crippen LogP contribution in [0.4, 0.5) is 14.5 Å². The molecule has 0 amide bonds. The first-order chi connectivity index (χ1) is 8.79. The minimum absolute atomic E-state index is 0.00956. The molecule has 0 aromatic heterocycles. The predicted octanol–water partition coefficient (Wildman–Crippen LogP) is 0.596. The van der Waals surface area contributed by atoms with E-state index in [1.807, 2.05) is 0 Å². The zero-order valence-corrected chi connectivity index (χ0v) is 10.8. The third-order valence-electron chi connectivity index (χ3n) is 3.06. The molecule has 1 aromatic carbocycles. The van der Waals surface area contributed by atoms with Gasteiger partial charge in [0.25, 0.3) is 0 Å². The van der Waals surface area contributed by atoms with E-state index in [0.29, 0.717) is 12.8 Å². The number of nitrogen functional groups attached to an aromatic ring is 1. The molecule has 1 fully saturated rings. The molecule has 1 saturated carbocycles. The largest absolute Gasteiger partial charge is 0.399 e. The van der Waals surface area contributed by atoms with Crippen molar-refractivity contribution in [2.75, 3.05) is 12.3 Å². The van der Waals surface area contributed by atoms with Crippen LogP contribution in [-0.2, 0) is 10.0 Å². The summed E-state index contributed by atoms with van der Waals surface area (Å²) in [6.45, 7) is 0.0443. The topological polar surface area (TPSA) is 92.4 Å². The maximum Gasteiger partial charge on any atom is 0.246 e. The Morgan fingerprint density at radius 3 is 2.32 bits per heavy atom. The van der Waals surface area contributed by atoms with Crippen molar-refractivity contribution in [1.29, 1.82) is 0 Å². The van der Waals surface area contributed by atoms with Crippen molar-refractivity contribution in [2.24, 2.45) is 5.92 Å². The van der Waals surface area contributed by atoms with Gasteiger partial charge in [-0.05, 0) is 30.9 Å². The molecule has 4 N–H and O–H groups in total. The van der Waals surface area contributed by atoms with Crippen LogP contribution in [-0.4, -0.2) is 26.2 Å².